The summed E-state index contributed by atoms with van der Waals surface area (Å²) in [7, 11) is 0. The Bertz CT molecular complexity index is 991. The normalized spacial score (nSPS) is 10.8. The molecule has 0 saturated carbocycles. The maximum Gasteiger partial charge on any atom is 0.335 e. The standard InChI is InChI=1S/C18H16N2O5/c1-9-5-12-14(20-25-16(12)6-10(9)2)8-17(22)19-13-4-3-11(18(23)24)7-15(13)21/h3-7,21H,8H2,1-2H3,(H,19,22)(H,23,24). The molecule has 0 aliphatic heterocycles. The molecular formula is C18H16N2O5. The quantitative estimate of drug-likeness (QED) is 0.629. The topological polar surface area (TPSA) is 113 Å². The van der Waals surface area contributed by atoms with Crippen LogP contribution >= 0.6 is 0 Å². The summed E-state index contributed by atoms with van der Waals surface area (Å²) in [5, 5.41) is 26.0. The van der Waals surface area contributed by atoms with Crippen molar-refractivity contribution in [3.8, 4) is 5.75 Å². The number of aromatic carboxylic acids is 1. The van der Waals surface area contributed by atoms with E-state index in [9.17, 15) is 14.7 Å². The first-order chi connectivity index (χ1) is 11.8. The molecule has 0 unspecified atom stereocenters. The smallest absolute Gasteiger partial charge is 0.335 e. The van der Waals surface area contributed by atoms with Crippen LogP contribution in [0.1, 0.15) is 27.2 Å². The molecule has 25 heavy (non-hydrogen) atoms. The van der Waals surface area contributed by atoms with Gasteiger partial charge in [-0.25, -0.2) is 4.79 Å². The number of carbonyl (C=O) groups excluding carboxylic acids is 1. The van der Waals surface area contributed by atoms with Crippen LogP contribution in [0.15, 0.2) is 34.9 Å². The second-order valence-corrected chi connectivity index (χ2v) is 5.82. The van der Waals surface area contributed by atoms with Crippen LogP contribution in [-0.4, -0.2) is 27.2 Å². The van der Waals surface area contributed by atoms with Crippen LogP contribution in [0.4, 0.5) is 5.69 Å². The van der Waals surface area contributed by atoms with Gasteiger partial charge in [0.2, 0.25) is 5.91 Å². The number of anilines is 1. The van der Waals surface area contributed by atoms with Crippen LogP contribution in [0.5, 0.6) is 5.75 Å². The van der Waals surface area contributed by atoms with Crippen molar-refractivity contribution < 1.29 is 24.3 Å². The molecule has 0 aliphatic rings. The number of rotatable bonds is 4. The van der Waals surface area contributed by atoms with E-state index in [-0.39, 0.29) is 23.4 Å². The van der Waals surface area contributed by atoms with Crippen LogP contribution < -0.4 is 5.32 Å². The fourth-order valence-corrected chi connectivity index (χ4v) is 2.49. The molecule has 2 aromatic carbocycles. The molecule has 0 radical (unpaired) electrons. The molecule has 3 aromatic rings. The van der Waals surface area contributed by atoms with Crippen LogP contribution in [0.25, 0.3) is 11.0 Å². The van der Waals surface area contributed by atoms with E-state index in [0.717, 1.165) is 22.6 Å². The van der Waals surface area contributed by atoms with Gasteiger partial charge in [-0.15, -0.1) is 0 Å². The molecule has 0 fully saturated rings. The molecule has 1 aromatic heterocycles. The minimum Gasteiger partial charge on any atom is -0.506 e. The molecule has 0 saturated heterocycles. The van der Waals surface area contributed by atoms with Crippen molar-refractivity contribution in [2.24, 2.45) is 0 Å². The van der Waals surface area contributed by atoms with Gasteiger partial charge in [0.15, 0.2) is 5.58 Å². The van der Waals surface area contributed by atoms with E-state index < -0.39 is 11.9 Å². The van der Waals surface area contributed by atoms with Crippen molar-refractivity contribution in [3.63, 3.8) is 0 Å². The summed E-state index contributed by atoms with van der Waals surface area (Å²) in [5.74, 6) is -1.87. The first-order valence-electron chi connectivity index (χ1n) is 7.57. The van der Waals surface area contributed by atoms with Crippen molar-refractivity contribution >= 4 is 28.5 Å². The van der Waals surface area contributed by atoms with Crippen molar-refractivity contribution in [1.29, 1.82) is 0 Å². The van der Waals surface area contributed by atoms with E-state index in [0.29, 0.717) is 11.3 Å². The van der Waals surface area contributed by atoms with Gasteiger partial charge in [0.05, 0.1) is 17.7 Å². The lowest BCUT2D eigenvalue weighted by atomic mass is 10.1. The van der Waals surface area contributed by atoms with Crippen molar-refractivity contribution in [2.75, 3.05) is 5.32 Å². The maximum absolute atomic E-state index is 12.2. The SMILES string of the molecule is Cc1cc2onc(CC(=O)Nc3ccc(C(=O)O)cc3O)c2cc1C. The van der Waals surface area contributed by atoms with Gasteiger partial charge in [0, 0.05) is 5.39 Å². The van der Waals surface area contributed by atoms with Crippen LogP contribution in [0.3, 0.4) is 0 Å². The number of benzene rings is 2. The predicted molar refractivity (Wildman–Crippen MR) is 90.9 cm³/mol. The summed E-state index contributed by atoms with van der Waals surface area (Å²) >= 11 is 0. The fraction of sp³-hybridized carbons (Fsp3) is 0.167. The van der Waals surface area contributed by atoms with Gasteiger partial charge in [-0.2, -0.15) is 0 Å². The summed E-state index contributed by atoms with van der Waals surface area (Å²) in [6, 6.07) is 7.51. The fourth-order valence-electron chi connectivity index (χ4n) is 2.49. The lowest BCUT2D eigenvalue weighted by Gasteiger charge is -2.07. The van der Waals surface area contributed by atoms with E-state index in [1.54, 1.807) is 0 Å². The van der Waals surface area contributed by atoms with Gasteiger partial charge in [-0.3, -0.25) is 4.79 Å². The van der Waals surface area contributed by atoms with E-state index in [2.05, 4.69) is 10.5 Å². The summed E-state index contributed by atoms with van der Waals surface area (Å²) in [6.45, 7) is 3.93. The minimum atomic E-state index is -1.16. The van der Waals surface area contributed by atoms with Crippen molar-refractivity contribution in [3.05, 3.63) is 52.7 Å². The number of aryl methyl sites for hydroxylation is 2. The number of amides is 1. The highest BCUT2D eigenvalue weighted by Crippen LogP contribution is 2.26. The third-order valence-corrected chi connectivity index (χ3v) is 4.01. The minimum absolute atomic E-state index is 0.0321. The second kappa shape index (κ2) is 6.27. The Morgan fingerprint density at radius 1 is 1.16 bits per heavy atom. The highest BCUT2D eigenvalue weighted by Gasteiger charge is 2.15. The molecule has 3 rings (SSSR count). The highest BCUT2D eigenvalue weighted by molar-refractivity contribution is 5.97. The second-order valence-electron chi connectivity index (χ2n) is 5.82. The third-order valence-electron chi connectivity index (χ3n) is 4.01. The number of aromatic hydroxyl groups is 1. The highest BCUT2D eigenvalue weighted by atomic mass is 16.5. The number of hydrogen-bond donors (Lipinski definition) is 3. The Labute approximate surface area is 142 Å². The maximum atomic E-state index is 12.2. The van der Waals surface area contributed by atoms with E-state index in [1.807, 2.05) is 26.0 Å². The Morgan fingerprint density at radius 2 is 1.88 bits per heavy atom. The number of fused-ring (bicyclic) bond motifs is 1. The number of aromatic nitrogens is 1. The van der Waals surface area contributed by atoms with Gasteiger partial charge in [0.25, 0.3) is 0 Å². The lowest BCUT2D eigenvalue weighted by Crippen LogP contribution is -2.15. The van der Waals surface area contributed by atoms with Crippen molar-refractivity contribution in [2.45, 2.75) is 20.3 Å². The molecule has 3 N–H and O–H groups in total. The summed E-state index contributed by atoms with van der Waals surface area (Å²) < 4.78 is 5.26. The average molecular weight is 340 g/mol. The zero-order valence-corrected chi connectivity index (χ0v) is 13.7. The largest absolute Gasteiger partial charge is 0.506 e. The number of hydrogen-bond acceptors (Lipinski definition) is 5. The van der Waals surface area contributed by atoms with Gasteiger partial charge < -0.3 is 20.1 Å². The molecule has 7 heteroatoms. The number of phenols is 1. The number of nitrogens with one attached hydrogen (secondary N) is 1. The molecule has 0 atom stereocenters. The number of nitrogens with zero attached hydrogens (tertiary/aromatic N) is 1. The molecule has 7 nitrogen and oxygen atoms in total. The Hall–Kier alpha value is -3.35. The molecule has 128 valence electrons. The molecule has 0 spiro atoms. The summed E-state index contributed by atoms with van der Waals surface area (Å²) in [6.07, 6.45) is -0.0321. The molecule has 0 aliphatic carbocycles. The van der Waals surface area contributed by atoms with Gasteiger partial charge in [0.1, 0.15) is 11.4 Å². The van der Waals surface area contributed by atoms with E-state index in [1.165, 1.54) is 12.1 Å². The molecular weight excluding hydrogens is 324 g/mol. The Morgan fingerprint density at radius 3 is 2.56 bits per heavy atom. The van der Waals surface area contributed by atoms with Crippen LogP contribution in [0.2, 0.25) is 0 Å². The zero-order valence-electron chi connectivity index (χ0n) is 13.7. The Balaban J connectivity index is 1.79. The van der Waals surface area contributed by atoms with Gasteiger partial charge in [-0.05, 0) is 55.3 Å². The lowest BCUT2D eigenvalue weighted by molar-refractivity contribution is -0.115. The number of carboxylic acids is 1. The van der Waals surface area contributed by atoms with Gasteiger partial charge >= 0.3 is 5.97 Å². The molecule has 0 bridgehead atoms. The van der Waals surface area contributed by atoms with Crippen LogP contribution in [-0.2, 0) is 11.2 Å². The Kier molecular flexibility index (Phi) is 4.14. The summed E-state index contributed by atoms with van der Waals surface area (Å²) in [4.78, 5) is 23.1. The monoisotopic (exact) mass is 340 g/mol. The van der Waals surface area contributed by atoms with E-state index >= 15 is 0 Å². The molecule has 1 heterocycles. The third kappa shape index (κ3) is 3.30. The number of phenolic OH excluding ortho intramolecular Hbond substituents is 1. The van der Waals surface area contributed by atoms with E-state index in [4.69, 9.17) is 9.63 Å². The average Bonchev–Trinajstić information content (AvgIpc) is 2.91. The predicted octanol–water partition coefficient (Wildman–Crippen LogP) is 3.03. The number of carbonyl (C=O) groups is 2. The first-order valence-corrected chi connectivity index (χ1v) is 7.57. The zero-order chi connectivity index (χ0) is 18.1. The molecule has 1 amide bonds. The summed E-state index contributed by atoms with van der Waals surface area (Å²) in [5.41, 5.74) is 3.32. The van der Waals surface area contributed by atoms with Crippen molar-refractivity contribution in [1.82, 2.24) is 5.16 Å². The number of carboxylic acid groups (broad SMARTS) is 1. The van der Waals surface area contributed by atoms with Crippen LogP contribution in [0, 0.1) is 13.8 Å². The van der Waals surface area contributed by atoms with Gasteiger partial charge in [-0.1, -0.05) is 5.16 Å². The first kappa shape index (κ1) is 16.5.